The van der Waals surface area contributed by atoms with Crippen molar-refractivity contribution in [1.82, 2.24) is 8.80 Å². The van der Waals surface area contributed by atoms with Crippen LogP contribution >= 0.6 is 0 Å². The Morgan fingerprint density at radius 1 is 0.404 bits per heavy atom. The third-order valence-electron chi connectivity index (χ3n) is 10.8. The first-order valence-electron chi connectivity index (χ1n) is 24.5. The molecule has 0 spiro atoms. The highest BCUT2D eigenvalue weighted by Crippen LogP contribution is 2.48. The predicted octanol–water partition coefficient (Wildman–Crippen LogP) is 13.9. The van der Waals surface area contributed by atoms with Gasteiger partial charge in [-0.05, 0) is 68.4 Å². The maximum Gasteiger partial charge on any atom is 0.0653 e. The Bertz CT molecular complexity index is 3760. The molecule has 2 nitrogen and oxygen atoms in total. The number of nitrogens with zero attached hydrogens (tertiary/aromatic N) is 2. The lowest BCUT2D eigenvalue weighted by Gasteiger charge is -2.19. The van der Waals surface area contributed by atoms with Crippen LogP contribution in [0.25, 0.3) is 98.4 Å². The molecule has 0 radical (unpaired) electrons. The van der Waals surface area contributed by atoms with Crippen LogP contribution in [0.1, 0.15) is 71.9 Å². The highest BCUT2D eigenvalue weighted by molar-refractivity contribution is 6.31. The highest BCUT2D eigenvalue weighted by Gasteiger charge is 2.25. The van der Waals surface area contributed by atoms with Crippen molar-refractivity contribution >= 4 is 76.2 Å². The van der Waals surface area contributed by atoms with Gasteiger partial charge in [-0.1, -0.05) is 150 Å². The number of fused-ring (bicyclic) bond motifs is 12. The minimum absolute atomic E-state index is 0.00444. The Morgan fingerprint density at radius 2 is 0.788 bits per heavy atom. The summed E-state index contributed by atoms with van der Waals surface area (Å²) >= 11 is 0. The van der Waals surface area contributed by atoms with E-state index in [9.17, 15) is 13.7 Å². The second kappa shape index (κ2) is 9.92. The molecule has 0 saturated carbocycles. The molecule has 0 aliphatic carbocycles. The fraction of sp³-hybridized carbons (Fsp3) is 0.160. The van der Waals surface area contributed by atoms with Crippen molar-refractivity contribution < 1.29 is 19.2 Å². The molecular weight excluding hydrogens is 629 g/mol. The fourth-order valence-corrected chi connectivity index (χ4v) is 8.14. The monoisotopic (exact) mass is 682 g/mol. The zero-order valence-electron chi connectivity index (χ0n) is 43.5. The van der Waals surface area contributed by atoms with Gasteiger partial charge in [-0.2, -0.15) is 0 Å². The smallest absolute Gasteiger partial charge is 0.0653 e. The van der Waals surface area contributed by atoms with Gasteiger partial charge in [-0.25, -0.2) is 0 Å². The van der Waals surface area contributed by atoms with E-state index in [1.165, 1.54) is 8.80 Å². The van der Waals surface area contributed by atoms with E-state index in [2.05, 4.69) is 41.5 Å². The number of benzene rings is 7. The van der Waals surface area contributed by atoms with E-state index in [1.807, 2.05) is 48.5 Å². The SMILES string of the molecule is [2H]c1c([2H])c([2H])c2c(c1[2H])c1c(-c3ccc(C(C)(C)C)cc3)c([2H])c([2H])c3c4c([2H])c5c(c([2H])c4n2c31)c1c([2H])c([2H])c(-c2ccc(C(C)(C)C)cc2)c2c3c([2H])c([2H])c([2H])c([2H])c3n5c12. The highest BCUT2D eigenvalue weighted by atomic mass is 14.9. The van der Waals surface area contributed by atoms with Crippen molar-refractivity contribution in [2.24, 2.45) is 0 Å². The molecule has 0 unspecified atom stereocenters. The summed E-state index contributed by atoms with van der Waals surface area (Å²) in [6, 6.07) is 9.66. The van der Waals surface area contributed by atoms with Crippen molar-refractivity contribution in [1.29, 1.82) is 0 Å². The Hall–Kier alpha value is -5.86. The van der Waals surface area contributed by atoms with Crippen LogP contribution in [-0.2, 0) is 10.8 Å². The maximum atomic E-state index is 10.2. The van der Waals surface area contributed by atoms with Crippen LogP contribution in [0.5, 0.6) is 0 Å². The van der Waals surface area contributed by atoms with E-state index < -0.39 is 36.3 Å². The maximum absolute atomic E-state index is 10.2. The van der Waals surface area contributed by atoms with Gasteiger partial charge in [0.2, 0.25) is 0 Å². The molecule has 52 heavy (non-hydrogen) atoms. The summed E-state index contributed by atoms with van der Waals surface area (Å²) in [6.07, 6.45) is 0. The third-order valence-corrected chi connectivity index (χ3v) is 10.8. The van der Waals surface area contributed by atoms with Crippen LogP contribution in [0.3, 0.4) is 0 Å². The van der Waals surface area contributed by atoms with Gasteiger partial charge >= 0.3 is 0 Å². The van der Waals surface area contributed by atoms with Crippen LogP contribution in [0.15, 0.2) is 133 Å². The van der Waals surface area contributed by atoms with Gasteiger partial charge in [0.1, 0.15) is 0 Å². The summed E-state index contributed by atoms with van der Waals surface area (Å²) in [4.78, 5) is 0. The average Bonchev–Trinajstić information content (AvgIpc) is 4.01. The summed E-state index contributed by atoms with van der Waals surface area (Å²) in [7, 11) is 0. The summed E-state index contributed by atoms with van der Waals surface area (Å²) in [6.45, 7) is 12.4. The number of aromatic nitrogens is 2. The molecular formula is C50H40N2. The van der Waals surface area contributed by atoms with Crippen LogP contribution in [0.4, 0.5) is 0 Å². The second-order valence-corrected chi connectivity index (χ2v) is 15.9. The molecule has 0 saturated heterocycles. The zero-order chi connectivity index (χ0) is 47.4. The Kier molecular flexibility index (Phi) is 3.65. The van der Waals surface area contributed by atoms with Gasteiger partial charge in [-0.15, -0.1) is 0 Å². The number of hydrogen-bond donors (Lipinski definition) is 0. The van der Waals surface area contributed by atoms with Crippen molar-refractivity contribution in [3.63, 3.8) is 0 Å². The summed E-state index contributed by atoms with van der Waals surface area (Å²) in [5.74, 6) is 0. The van der Waals surface area contributed by atoms with E-state index in [4.69, 9.17) is 5.48 Å². The van der Waals surface area contributed by atoms with E-state index in [0.717, 1.165) is 11.1 Å². The first-order valence-corrected chi connectivity index (χ1v) is 17.5. The largest absolute Gasteiger partial charge is 0.308 e. The van der Waals surface area contributed by atoms with Gasteiger partial charge in [-0.3, -0.25) is 0 Å². The lowest BCUT2D eigenvalue weighted by Crippen LogP contribution is -2.10. The summed E-state index contributed by atoms with van der Waals surface area (Å²) in [5, 5.41) is 0.868. The van der Waals surface area contributed by atoms with E-state index >= 15 is 0 Å². The van der Waals surface area contributed by atoms with Crippen LogP contribution in [-0.4, -0.2) is 8.80 Å². The molecule has 0 N–H and O–H groups in total. The van der Waals surface area contributed by atoms with Gasteiger partial charge in [0, 0.05) is 43.1 Å². The van der Waals surface area contributed by atoms with Crippen LogP contribution in [0, 0.1) is 0 Å². The van der Waals surface area contributed by atoms with Gasteiger partial charge in [0.15, 0.2) is 0 Å². The van der Waals surface area contributed by atoms with Crippen LogP contribution < -0.4 is 0 Å². The topological polar surface area (TPSA) is 8.82 Å². The van der Waals surface area contributed by atoms with Crippen LogP contribution in [0.2, 0.25) is 0 Å². The molecule has 0 bridgehead atoms. The molecule has 0 aliphatic heterocycles. The van der Waals surface area contributed by atoms with Gasteiger partial charge in [0.25, 0.3) is 0 Å². The fourth-order valence-electron chi connectivity index (χ4n) is 8.14. The summed E-state index contributed by atoms with van der Waals surface area (Å²) in [5.41, 5.74) is 3.61. The summed E-state index contributed by atoms with van der Waals surface area (Å²) < 4.78 is 135. The van der Waals surface area contributed by atoms with E-state index in [0.29, 0.717) is 11.1 Å². The molecule has 0 fully saturated rings. The molecule has 0 atom stereocenters. The number of rotatable bonds is 2. The molecule has 11 rings (SSSR count). The van der Waals surface area contributed by atoms with Gasteiger partial charge < -0.3 is 8.80 Å². The standard InChI is InChI=1S/C50H40N2/c1-49(2,3)31-19-15-29(16-20-31)33-23-25-35-39-27-44-40(28-43(39)51-41-13-9-7-11-37(41)45(33)47(35)51)36-26-24-34(30-17-21-32(22-18-30)50(4,5)6)46-38-12-8-10-14-42(38)52(44)48(36)46/h7-28H,1-6H3/i7D,8D,9D,10D,11D,12D,13D,14D,23D,24D,25D,26D,27D,28D. The normalized spacial score (nSPS) is 17.0. The Labute approximate surface area is 322 Å². The molecule has 11 aromatic rings. The molecule has 7 aromatic carbocycles. The molecule has 0 amide bonds. The zero-order valence-corrected chi connectivity index (χ0v) is 29.5. The Morgan fingerprint density at radius 3 is 1.17 bits per heavy atom. The lowest BCUT2D eigenvalue weighted by atomic mass is 9.86. The molecule has 2 heteroatoms. The van der Waals surface area contributed by atoms with E-state index in [-0.39, 0.29) is 146 Å². The predicted molar refractivity (Wildman–Crippen MR) is 224 cm³/mol. The lowest BCUT2D eigenvalue weighted by molar-refractivity contribution is 0.590. The third kappa shape index (κ3) is 3.85. The van der Waals surface area contributed by atoms with Crippen molar-refractivity contribution in [3.8, 4) is 22.3 Å². The quantitative estimate of drug-likeness (QED) is 0.172. The van der Waals surface area contributed by atoms with Gasteiger partial charge in [0.05, 0.1) is 52.3 Å². The van der Waals surface area contributed by atoms with Crippen molar-refractivity contribution in [3.05, 3.63) is 144 Å². The number of para-hydroxylation sites is 2. The first-order chi connectivity index (χ1) is 30.9. The molecule has 250 valence electrons. The molecule has 4 heterocycles. The second-order valence-electron chi connectivity index (χ2n) is 15.9. The first kappa shape index (κ1) is 19.1. The van der Waals surface area contributed by atoms with Crippen molar-refractivity contribution in [2.75, 3.05) is 0 Å². The molecule has 0 aliphatic rings. The number of hydrogen-bond acceptors (Lipinski definition) is 0. The average molecular weight is 683 g/mol. The minimum atomic E-state index is -0.537. The Balaban J connectivity index is 1.42. The minimum Gasteiger partial charge on any atom is -0.308 e. The van der Waals surface area contributed by atoms with E-state index in [1.54, 1.807) is 0 Å². The van der Waals surface area contributed by atoms with Crippen molar-refractivity contribution in [2.45, 2.75) is 52.4 Å². The molecule has 4 aromatic heterocycles.